The molecule has 7 heteroatoms. The zero-order chi connectivity index (χ0) is 20.0. The maximum Gasteiger partial charge on any atom is 0.338 e. The Hall–Kier alpha value is -2.15. The number of benzene rings is 1. The first-order valence-electron chi connectivity index (χ1n) is 9.39. The van der Waals surface area contributed by atoms with Gasteiger partial charge in [0.25, 0.3) is 0 Å². The van der Waals surface area contributed by atoms with Crippen LogP contribution in [-0.2, 0) is 9.47 Å². The molecule has 0 spiro atoms. The quantitative estimate of drug-likeness (QED) is 0.559. The van der Waals surface area contributed by atoms with Crippen molar-refractivity contribution in [3.05, 3.63) is 29.3 Å². The van der Waals surface area contributed by atoms with E-state index in [1.807, 2.05) is 0 Å². The van der Waals surface area contributed by atoms with Gasteiger partial charge >= 0.3 is 11.9 Å². The predicted molar refractivity (Wildman–Crippen MR) is 109 cm³/mol. The van der Waals surface area contributed by atoms with Crippen molar-refractivity contribution in [2.45, 2.75) is 71.6 Å². The number of carbonyl (C=O) groups excluding carboxylic acids is 2. The summed E-state index contributed by atoms with van der Waals surface area (Å²) in [6.45, 7) is 7.09. The second-order valence-electron chi connectivity index (χ2n) is 7.29. The Morgan fingerprint density at radius 1 is 0.963 bits per heavy atom. The minimum atomic E-state index is -0.498. The number of thiocarbonyl (C=S) groups is 1. The van der Waals surface area contributed by atoms with Gasteiger partial charge in [0.15, 0.2) is 5.11 Å². The monoisotopic (exact) mass is 392 g/mol. The molecule has 2 rings (SSSR count). The topological polar surface area (TPSA) is 76.7 Å². The molecular weight excluding hydrogens is 364 g/mol. The van der Waals surface area contributed by atoms with E-state index in [-0.39, 0.29) is 23.3 Å². The van der Waals surface area contributed by atoms with Crippen molar-refractivity contribution in [1.82, 2.24) is 5.32 Å². The molecule has 1 aromatic rings. The fourth-order valence-corrected chi connectivity index (χ4v) is 3.21. The second kappa shape index (κ2) is 9.69. The van der Waals surface area contributed by atoms with Crippen LogP contribution in [0.4, 0.5) is 5.69 Å². The highest BCUT2D eigenvalue weighted by Gasteiger charge is 2.19. The van der Waals surface area contributed by atoms with Crippen molar-refractivity contribution in [3.8, 4) is 0 Å². The van der Waals surface area contributed by atoms with Crippen molar-refractivity contribution in [2.75, 3.05) is 5.32 Å². The highest BCUT2D eigenvalue weighted by molar-refractivity contribution is 7.80. The molecule has 27 heavy (non-hydrogen) atoms. The van der Waals surface area contributed by atoms with Crippen molar-refractivity contribution in [1.29, 1.82) is 0 Å². The summed E-state index contributed by atoms with van der Waals surface area (Å²) in [7, 11) is 0. The minimum Gasteiger partial charge on any atom is -0.459 e. The minimum absolute atomic E-state index is 0.259. The summed E-state index contributed by atoms with van der Waals surface area (Å²) < 4.78 is 10.5. The SMILES string of the molecule is CC(C)OC(=O)c1cc(NC(=S)NC2CCCC2)cc(C(=O)OC(C)C)c1. The van der Waals surface area contributed by atoms with Gasteiger partial charge in [-0.05, 0) is 71.0 Å². The summed E-state index contributed by atoms with van der Waals surface area (Å²) in [4.78, 5) is 24.6. The maximum atomic E-state index is 12.3. The molecule has 148 valence electrons. The van der Waals surface area contributed by atoms with E-state index in [2.05, 4.69) is 10.6 Å². The molecule has 0 atom stereocenters. The molecular formula is C20H28N2O4S. The van der Waals surface area contributed by atoms with Gasteiger partial charge in [0.05, 0.1) is 23.3 Å². The predicted octanol–water partition coefficient (Wildman–Crippen LogP) is 4.05. The van der Waals surface area contributed by atoms with Gasteiger partial charge in [0, 0.05) is 11.7 Å². The average molecular weight is 393 g/mol. The van der Waals surface area contributed by atoms with Crippen LogP contribution in [0.5, 0.6) is 0 Å². The van der Waals surface area contributed by atoms with E-state index < -0.39 is 11.9 Å². The third-order valence-corrected chi connectivity index (χ3v) is 4.26. The Morgan fingerprint density at radius 2 is 1.44 bits per heavy atom. The highest BCUT2D eigenvalue weighted by Crippen LogP contribution is 2.20. The molecule has 0 bridgehead atoms. The van der Waals surface area contributed by atoms with Gasteiger partial charge in [0.1, 0.15) is 0 Å². The normalized spacial score (nSPS) is 14.3. The molecule has 2 N–H and O–H groups in total. The molecule has 1 aliphatic carbocycles. The highest BCUT2D eigenvalue weighted by atomic mass is 32.1. The largest absolute Gasteiger partial charge is 0.459 e. The van der Waals surface area contributed by atoms with E-state index in [0.717, 1.165) is 12.8 Å². The number of ether oxygens (including phenoxy) is 2. The summed E-state index contributed by atoms with van der Waals surface area (Å²) in [5.41, 5.74) is 1.08. The Labute approximate surface area is 166 Å². The number of hydrogen-bond acceptors (Lipinski definition) is 5. The van der Waals surface area contributed by atoms with Crippen LogP contribution >= 0.6 is 12.2 Å². The number of carbonyl (C=O) groups is 2. The van der Waals surface area contributed by atoms with Crippen molar-refractivity contribution in [2.24, 2.45) is 0 Å². The van der Waals surface area contributed by atoms with Gasteiger partial charge in [-0.2, -0.15) is 0 Å². The summed E-state index contributed by atoms with van der Waals surface area (Å²) in [6.07, 6.45) is 4.06. The second-order valence-corrected chi connectivity index (χ2v) is 7.70. The Kier molecular flexibility index (Phi) is 7.59. The molecule has 0 aliphatic heterocycles. The van der Waals surface area contributed by atoms with Gasteiger partial charge < -0.3 is 20.1 Å². The van der Waals surface area contributed by atoms with Gasteiger partial charge in [-0.15, -0.1) is 0 Å². The molecule has 0 unspecified atom stereocenters. The fourth-order valence-electron chi connectivity index (χ4n) is 2.92. The lowest BCUT2D eigenvalue weighted by Crippen LogP contribution is -2.36. The van der Waals surface area contributed by atoms with E-state index in [4.69, 9.17) is 21.7 Å². The van der Waals surface area contributed by atoms with E-state index in [1.165, 1.54) is 18.9 Å². The standard InChI is InChI=1S/C20H28N2O4S/c1-12(2)25-18(23)14-9-15(19(24)26-13(3)4)11-17(10-14)22-20(27)21-16-7-5-6-8-16/h9-13,16H,5-8H2,1-4H3,(H2,21,22,27). The third-order valence-electron chi connectivity index (χ3n) is 4.04. The van der Waals surface area contributed by atoms with Crippen molar-refractivity contribution >= 4 is 35.0 Å². The van der Waals surface area contributed by atoms with Gasteiger partial charge in [-0.25, -0.2) is 9.59 Å². The average Bonchev–Trinajstić information content (AvgIpc) is 3.06. The van der Waals surface area contributed by atoms with Crippen LogP contribution in [0.3, 0.4) is 0 Å². The summed E-state index contributed by atoms with van der Waals surface area (Å²) >= 11 is 5.38. The molecule has 1 aliphatic rings. The van der Waals surface area contributed by atoms with Crippen molar-refractivity contribution in [3.63, 3.8) is 0 Å². The zero-order valence-electron chi connectivity index (χ0n) is 16.3. The fraction of sp³-hybridized carbons (Fsp3) is 0.550. The third kappa shape index (κ3) is 6.82. The molecule has 0 amide bonds. The Morgan fingerprint density at radius 3 is 1.89 bits per heavy atom. The number of nitrogens with one attached hydrogen (secondary N) is 2. The van der Waals surface area contributed by atoms with Crippen molar-refractivity contribution < 1.29 is 19.1 Å². The van der Waals surface area contributed by atoms with Crippen LogP contribution in [0.2, 0.25) is 0 Å². The number of esters is 2. The number of rotatable bonds is 6. The van der Waals surface area contributed by atoms with E-state index in [9.17, 15) is 9.59 Å². The van der Waals surface area contributed by atoms with Gasteiger partial charge in [0.2, 0.25) is 0 Å². The zero-order valence-corrected chi connectivity index (χ0v) is 17.2. The molecule has 0 aromatic heterocycles. The van der Waals surface area contributed by atoms with Crippen LogP contribution in [0.15, 0.2) is 18.2 Å². The van der Waals surface area contributed by atoms with Crippen LogP contribution < -0.4 is 10.6 Å². The lowest BCUT2D eigenvalue weighted by molar-refractivity contribution is 0.0377. The molecule has 0 saturated heterocycles. The maximum absolute atomic E-state index is 12.3. The Bertz CT molecular complexity index is 657. The number of anilines is 1. The Balaban J connectivity index is 2.21. The molecule has 1 fully saturated rings. The smallest absolute Gasteiger partial charge is 0.338 e. The van der Waals surface area contributed by atoms with Crippen LogP contribution in [0.1, 0.15) is 74.1 Å². The van der Waals surface area contributed by atoms with Gasteiger partial charge in [-0.1, -0.05) is 12.8 Å². The van der Waals surface area contributed by atoms with Crippen LogP contribution in [0, 0.1) is 0 Å². The van der Waals surface area contributed by atoms with Crippen LogP contribution in [0.25, 0.3) is 0 Å². The lowest BCUT2D eigenvalue weighted by Gasteiger charge is -2.17. The molecule has 1 saturated carbocycles. The summed E-state index contributed by atoms with van der Waals surface area (Å²) in [5, 5.41) is 6.82. The number of hydrogen-bond donors (Lipinski definition) is 2. The lowest BCUT2D eigenvalue weighted by atomic mass is 10.1. The van der Waals surface area contributed by atoms with Crippen LogP contribution in [-0.4, -0.2) is 35.3 Å². The summed E-state index contributed by atoms with van der Waals surface area (Å²) in [6, 6.07) is 5.09. The molecule has 0 radical (unpaired) electrons. The molecule has 0 heterocycles. The van der Waals surface area contributed by atoms with Gasteiger partial charge in [-0.3, -0.25) is 0 Å². The molecule has 1 aromatic carbocycles. The first kappa shape index (κ1) is 21.2. The molecule has 6 nitrogen and oxygen atoms in total. The van der Waals surface area contributed by atoms with E-state index in [0.29, 0.717) is 16.8 Å². The first-order valence-corrected chi connectivity index (χ1v) is 9.80. The van der Waals surface area contributed by atoms with E-state index in [1.54, 1.807) is 39.8 Å². The van der Waals surface area contributed by atoms with E-state index >= 15 is 0 Å². The summed E-state index contributed by atoms with van der Waals surface area (Å²) in [5.74, 6) is -0.996. The first-order chi connectivity index (χ1) is 12.7.